The number of halogens is 3. The van der Waals surface area contributed by atoms with Gasteiger partial charge in [0.1, 0.15) is 12.4 Å². The zero-order chi connectivity index (χ0) is 25.4. The van der Waals surface area contributed by atoms with Crippen molar-refractivity contribution in [2.75, 3.05) is 5.32 Å². The number of nitrogens with one attached hydrogen (secondary N) is 2. The van der Waals surface area contributed by atoms with E-state index >= 15 is 0 Å². The quantitative estimate of drug-likeness (QED) is 0.217. The third-order valence-electron chi connectivity index (χ3n) is 5.22. The fourth-order valence-electron chi connectivity index (χ4n) is 3.10. The lowest BCUT2D eigenvalue weighted by atomic mass is 10.1. The molecule has 182 valence electrons. The summed E-state index contributed by atoms with van der Waals surface area (Å²) in [6, 6.07) is 16.3. The van der Waals surface area contributed by atoms with Gasteiger partial charge in [0.2, 0.25) is 11.8 Å². The maximum atomic E-state index is 12.2. The van der Waals surface area contributed by atoms with Gasteiger partial charge in [-0.1, -0.05) is 57.3 Å². The second-order valence-corrected chi connectivity index (χ2v) is 9.55. The summed E-state index contributed by atoms with van der Waals surface area (Å²) in [6.45, 7) is 4.15. The molecule has 2 N–H and O–H groups in total. The number of ether oxygens (including phenoxy) is 1. The number of nitrogens with zero attached hydrogens (tertiary/aromatic N) is 1. The van der Waals surface area contributed by atoms with Crippen molar-refractivity contribution in [3.63, 3.8) is 0 Å². The number of anilines is 1. The van der Waals surface area contributed by atoms with Crippen LogP contribution in [0.15, 0.2) is 64.2 Å². The van der Waals surface area contributed by atoms with Gasteiger partial charge in [0.05, 0.1) is 6.21 Å². The molecule has 0 unspecified atom stereocenters. The van der Waals surface area contributed by atoms with Gasteiger partial charge in [-0.05, 0) is 61.4 Å². The van der Waals surface area contributed by atoms with Gasteiger partial charge >= 0.3 is 0 Å². The van der Waals surface area contributed by atoms with Crippen LogP contribution in [-0.4, -0.2) is 18.0 Å². The molecule has 0 aromatic heterocycles. The van der Waals surface area contributed by atoms with Gasteiger partial charge in [-0.15, -0.1) is 0 Å². The van der Waals surface area contributed by atoms with Crippen LogP contribution in [0.4, 0.5) is 5.69 Å². The van der Waals surface area contributed by atoms with Crippen LogP contribution in [0.5, 0.6) is 5.75 Å². The van der Waals surface area contributed by atoms with E-state index in [4.69, 9.17) is 27.9 Å². The summed E-state index contributed by atoms with van der Waals surface area (Å²) in [5, 5.41) is 7.92. The monoisotopic (exact) mass is 575 g/mol. The SMILES string of the molecule is Cc1cccc(NC(=O)CCC(=O)NN=Cc2cc(Br)ccc2OCc2ccc(Cl)cc2Cl)c1C. The molecule has 2 amide bonds. The van der Waals surface area contributed by atoms with E-state index in [1.807, 2.05) is 44.2 Å². The molecule has 0 saturated carbocycles. The van der Waals surface area contributed by atoms with Crippen LogP contribution in [0.2, 0.25) is 10.0 Å². The van der Waals surface area contributed by atoms with Gasteiger partial charge in [-0.2, -0.15) is 5.10 Å². The average Bonchev–Trinajstić information content (AvgIpc) is 2.81. The number of hydrogen-bond donors (Lipinski definition) is 2. The third kappa shape index (κ3) is 8.09. The highest BCUT2D eigenvalue weighted by Gasteiger charge is 2.10. The molecular weight excluding hydrogens is 553 g/mol. The van der Waals surface area contributed by atoms with Crippen molar-refractivity contribution in [1.82, 2.24) is 5.43 Å². The molecule has 6 nitrogen and oxygen atoms in total. The Hall–Kier alpha value is -2.87. The molecule has 0 atom stereocenters. The van der Waals surface area contributed by atoms with Gasteiger partial charge in [0.25, 0.3) is 0 Å². The zero-order valence-electron chi connectivity index (χ0n) is 19.2. The summed E-state index contributed by atoms with van der Waals surface area (Å²) in [5.74, 6) is -0.0470. The van der Waals surface area contributed by atoms with E-state index in [1.165, 1.54) is 6.21 Å². The first-order valence-electron chi connectivity index (χ1n) is 10.8. The lowest BCUT2D eigenvalue weighted by molar-refractivity contribution is -0.124. The predicted octanol–water partition coefficient (Wildman–Crippen LogP) is 6.82. The van der Waals surface area contributed by atoms with Gasteiger partial charge in [-0.3, -0.25) is 9.59 Å². The summed E-state index contributed by atoms with van der Waals surface area (Å²) in [6.07, 6.45) is 1.53. The summed E-state index contributed by atoms with van der Waals surface area (Å²) >= 11 is 15.6. The van der Waals surface area contributed by atoms with E-state index in [2.05, 4.69) is 31.8 Å². The molecule has 3 rings (SSSR count). The molecule has 0 fully saturated rings. The standard InChI is InChI=1S/C26H24BrCl2N3O3/c1-16-4-3-5-23(17(16)2)31-25(33)10-11-26(34)32-30-14-19-12-20(27)7-9-24(19)35-15-18-6-8-21(28)13-22(18)29/h3-9,12-14H,10-11,15H2,1-2H3,(H,31,33)(H,32,34). The molecule has 0 aliphatic carbocycles. The Morgan fingerprint density at radius 3 is 2.57 bits per heavy atom. The minimum Gasteiger partial charge on any atom is -0.488 e. The Morgan fingerprint density at radius 1 is 1.03 bits per heavy atom. The van der Waals surface area contributed by atoms with Crippen molar-refractivity contribution in [3.8, 4) is 5.75 Å². The number of carbonyl (C=O) groups is 2. The van der Waals surface area contributed by atoms with Crippen LogP contribution >= 0.6 is 39.1 Å². The molecule has 0 spiro atoms. The maximum absolute atomic E-state index is 12.2. The number of hydrazone groups is 1. The Labute approximate surface area is 222 Å². The van der Waals surface area contributed by atoms with Crippen LogP contribution in [0.3, 0.4) is 0 Å². The highest BCUT2D eigenvalue weighted by atomic mass is 79.9. The average molecular weight is 577 g/mol. The molecule has 0 aliphatic rings. The van der Waals surface area contributed by atoms with Crippen molar-refractivity contribution in [2.24, 2.45) is 5.10 Å². The molecule has 0 saturated heterocycles. The molecular formula is C26H24BrCl2N3O3. The molecule has 3 aromatic rings. The van der Waals surface area contributed by atoms with E-state index in [1.54, 1.807) is 24.3 Å². The Balaban J connectivity index is 1.53. The molecule has 0 radical (unpaired) electrons. The third-order valence-corrected chi connectivity index (χ3v) is 6.30. The minimum absolute atomic E-state index is 0.00490. The minimum atomic E-state index is -0.372. The number of rotatable bonds is 9. The summed E-state index contributed by atoms with van der Waals surface area (Å²) in [5.41, 5.74) is 6.72. The van der Waals surface area contributed by atoms with Crippen LogP contribution in [-0.2, 0) is 16.2 Å². The maximum Gasteiger partial charge on any atom is 0.240 e. The lowest BCUT2D eigenvalue weighted by Crippen LogP contribution is -2.21. The van der Waals surface area contributed by atoms with E-state index in [-0.39, 0.29) is 31.3 Å². The second-order valence-electron chi connectivity index (χ2n) is 7.80. The summed E-state index contributed by atoms with van der Waals surface area (Å²) in [7, 11) is 0. The zero-order valence-corrected chi connectivity index (χ0v) is 22.3. The molecule has 3 aromatic carbocycles. The first-order valence-corrected chi connectivity index (χ1v) is 12.3. The molecule has 9 heteroatoms. The van der Waals surface area contributed by atoms with Gasteiger partial charge in [0.15, 0.2) is 0 Å². The van der Waals surface area contributed by atoms with Gasteiger partial charge < -0.3 is 10.1 Å². The number of benzene rings is 3. The highest BCUT2D eigenvalue weighted by molar-refractivity contribution is 9.10. The van der Waals surface area contributed by atoms with Gasteiger partial charge in [-0.25, -0.2) is 5.43 Å². The molecule has 0 bridgehead atoms. The number of carbonyl (C=O) groups excluding carboxylic acids is 2. The van der Waals surface area contributed by atoms with E-state index in [9.17, 15) is 9.59 Å². The second kappa shape index (κ2) is 12.7. The van der Waals surface area contributed by atoms with Crippen LogP contribution < -0.4 is 15.5 Å². The predicted molar refractivity (Wildman–Crippen MR) is 144 cm³/mol. The van der Waals surface area contributed by atoms with E-state index in [0.29, 0.717) is 21.4 Å². The van der Waals surface area contributed by atoms with E-state index in [0.717, 1.165) is 26.9 Å². The topological polar surface area (TPSA) is 79.8 Å². The van der Waals surface area contributed by atoms with Gasteiger partial charge in [0, 0.05) is 44.2 Å². The summed E-state index contributed by atoms with van der Waals surface area (Å²) < 4.78 is 6.73. The lowest BCUT2D eigenvalue weighted by Gasteiger charge is -2.11. The van der Waals surface area contributed by atoms with Crippen molar-refractivity contribution in [1.29, 1.82) is 0 Å². The Bertz CT molecular complexity index is 1260. The number of hydrogen-bond acceptors (Lipinski definition) is 4. The Kier molecular flexibility index (Phi) is 9.72. The first-order chi connectivity index (χ1) is 16.7. The van der Waals surface area contributed by atoms with Crippen molar-refractivity contribution in [3.05, 3.63) is 91.4 Å². The van der Waals surface area contributed by atoms with Crippen molar-refractivity contribution >= 4 is 62.8 Å². The number of amides is 2. The van der Waals surface area contributed by atoms with Crippen molar-refractivity contribution in [2.45, 2.75) is 33.3 Å². The fourth-order valence-corrected chi connectivity index (χ4v) is 3.94. The normalized spacial score (nSPS) is 10.9. The van der Waals surface area contributed by atoms with Crippen molar-refractivity contribution < 1.29 is 14.3 Å². The molecule has 0 heterocycles. The van der Waals surface area contributed by atoms with Crippen LogP contribution in [0.25, 0.3) is 0 Å². The largest absolute Gasteiger partial charge is 0.488 e. The molecule has 35 heavy (non-hydrogen) atoms. The van der Waals surface area contributed by atoms with Crippen LogP contribution in [0.1, 0.15) is 35.1 Å². The molecule has 0 aliphatic heterocycles. The summed E-state index contributed by atoms with van der Waals surface area (Å²) in [4.78, 5) is 24.4. The number of aryl methyl sites for hydroxylation is 1. The Morgan fingerprint density at radius 2 is 1.80 bits per heavy atom. The first kappa shape index (κ1) is 26.7. The van der Waals surface area contributed by atoms with Crippen LogP contribution in [0, 0.1) is 13.8 Å². The van der Waals surface area contributed by atoms with E-state index < -0.39 is 0 Å². The highest BCUT2D eigenvalue weighted by Crippen LogP contribution is 2.26. The smallest absolute Gasteiger partial charge is 0.240 e. The fraction of sp³-hybridized carbons (Fsp3) is 0.192.